The fourth-order valence-corrected chi connectivity index (χ4v) is 6.84. The first-order valence-electron chi connectivity index (χ1n) is 11.8. The minimum absolute atomic E-state index is 0.0360. The highest BCUT2D eigenvalue weighted by atomic mass is 79.9. The highest BCUT2D eigenvalue weighted by Crippen LogP contribution is 2.42. The molecule has 5 atom stereocenters. The van der Waals surface area contributed by atoms with Crippen molar-refractivity contribution in [3.05, 3.63) is 34.3 Å². The third-order valence-electron chi connectivity index (χ3n) is 7.83. The second kappa shape index (κ2) is 9.24. The van der Waals surface area contributed by atoms with Crippen molar-refractivity contribution in [2.75, 3.05) is 20.2 Å². The molecule has 6 heteroatoms. The first kappa shape index (κ1) is 21.5. The number of nitrogens with zero attached hydrogens (tertiary/aromatic N) is 2. The van der Waals surface area contributed by atoms with Gasteiger partial charge in [0, 0.05) is 43.2 Å². The molecular weight excluding hydrogens is 456 g/mol. The van der Waals surface area contributed by atoms with Gasteiger partial charge in [0.1, 0.15) is 11.9 Å². The molecule has 31 heavy (non-hydrogen) atoms. The number of carbonyl (C=O) groups is 1. The van der Waals surface area contributed by atoms with Crippen molar-refractivity contribution in [3.8, 4) is 5.75 Å². The SMILES string of the molecule is COc1cc(/C=C\C(=O)OC2CCN3[C@@H]4C[C@@H](C[C@@H]3C2)N2CCCC[C@@H]2C4)ccc1Br. The zero-order valence-electron chi connectivity index (χ0n) is 18.3. The largest absolute Gasteiger partial charge is 0.496 e. The van der Waals surface area contributed by atoms with E-state index in [-0.39, 0.29) is 12.1 Å². The second-order valence-electron chi connectivity index (χ2n) is 9.60. The molecule has 1 aromatic rings. The Kier molecular flexibility index (Phi) is 6.40. The third-order valence-corrected chi connectivity index (χ3v) is 8.48. The smallest absolute Gasteiger partial charge is 0.331 e. The minimum Gasteiger partial charge on any atom is -0.496 e. The predicted molar refractivity (Wildman–Crippen MR) is 125 cm³/mol. The molecule has 0 radical (unpaired) electrons. The van der Waals surface area contributed by atoms with E-state index in [4.69, 9.17) is 9.47 Å². The van der Waals surface area contributed by atoms with E-state index in [1.165, 1.54) is 45.1 Å². The first-order chi connectivity index (χ1) is 15.1. The van der Waals surface area contributed by atoms with Crippen molar-refractivity contribution in [1.82, 2.24) is 9.80 Å². The Morgan fingerprint density at radius 1 is 1.00 bits per heavy atom. The fraction of sp³-hybridized carbons (Fsp3) is 0.640. The van der Waals surface area contributed by atoms with E-state index in [0.29, 0.717) is 6.04 Å². The van der Waals surface area contributed by atoms with Gasteiger partial charge in [0.05, 0.1) is 11.6 Å². The van der Waals surface area contributed by atoms with E-state index < -0.39 is 0 Å². The van der Waals surface area contributed by atoms with Crippen LogP contribution in [-0.4, -0.2) is 66.2 Å². The van der Waals surface area contributed by atoms with Crippen molar-refractivity contribution in [2.24, 2.45) is 0 Å². The number of methoxy groups -OCH3 is 1. The summed E-state index contributed by atoms with van der Waals surface area (Å²) in [5, 5.41) is 0. The molecule has 0 spiro atoms. The van der Waals surface area contributed by atoms with Crippen molar-refractivity contribution in [3.63, 3.8) is 0 Å². The number of halogens is 1. The highest BCUT2D eigenvalue weighted by Gasteiger charge is 2.47. The Morgan fingerprint density at radius 2 is 1.74 bits per heavy atom. The monoisotopic (exact) mass is 488 g/mol. The van der Waals surface area contributed by atoms with Crippen LogP contribution in [0.15, 0.2) is 28.7 Å². The van der Waals surface area contributed by atoms with Crippen molar-refractivity contribution in [1.29, 1.82) is 0 Å². The van der Waals surface area contributed by atoms with Gasteiger partial charge in [-0.25, -0.2) is 4.79 Å². The summed E-state index contributed by atoms with van der Waals surface area (Å²) in [4.78, 5) is 18.1. The van der Waals surface area contributed by atoms with Gasteiger partial charge in [0.2, 0.25) is 0 Å². The molecule has 5 rings (SSSR count). The van der Waals surface area contributed by atoms with Crippen molar-refractivity contribution >= 4 is 28.0 Å². The Balaban J connectivity index is 1.18. The van der Waals surface area contributed by atoms with Crippen LogP contribution in [0.3, 0.4) is 0 Å². The molecule has 1 unspecified atom stereocenters. The molecule has 0 amide bonds. The van der Waals surface area contributed by atoms with Gasteiger partial charge in [-0.1, -0.05) is 12.5 Å². The lowest BCUT2D eigenvalue weighted by molar-refractivity contribution is -0.149. The highest BCUT2D eigenvalue weighted by molar-refractivity contribution is 9.10. The molecule has 4 heterocycles. The zero-order valence-corrected chi connectivity index (χ0v) is 19.9. The van der Waals surface area contributed by atoms with Crippen LogP contribution in [0, 0.1) is 0 Å². The van der Waals surface area contributed by atoms with Crippen LogP contribution in [-0.2, 0) is 9.53 Å². The zero-order chi connectivity index (χ0) is 21.4. The van der Waals surface area contributed by atoms with Crippen LogP contribution >= 0.6 is 15.9 Å². The van der Waals surface area contributed by atoms with Gasteiger partial charge in [0.15, 0.2) is 0 Å². The topological polar surface area (TPSA) is 42.0 Å². The van der Waals surface area contributed by atoms with Crippen molar-refractivity contribution in [2.45, 2.75) is 81.6 Å². The molecule has 0 aromatic heterocycles. The molecular formula is C25H33BrN2O3. The molecule has 168 valence electrons. The molecule has 0 N–H and O–H groups in total. The Labute approximate surface area is 193 Å². The van der Waals surface area contributed by atoms with Gasteiger partial charge < -0.3 is 9.47 Å². The summed E-state index contributed by atoms with van der Waals surface area (Å²) >= 11 is 3.45. The molecule has 5 nitrogen and oxygen atoms in total. The lowest BCUT2D eigenvalue weighted by Gasteiger charge is -2.58. The van der Waals surface area contributed by atoms with E-state index in [2.05, 4.69) is 25.7 Å². The Morgan fingerprint density at radius 3 is 2.55 bits per heavy atom. The second-order valence-corrected chi connectivity index (χ2v) is 10.5. The first-order valence-corrected chi connectivity index (χ1v) is 12.6. The van der Waals surface area contributed by atoms with Gasteiger partial charge in [-0.2, -0.15) is 0 Å². The van der Waals surface area contributed by atoms with E-state index in [9.17, 15) is 4.79 Å². The van der Waals surface area contributed by atoms with Crippen LogP contribution in [0.1, 0.15) is 56.9 Å². The van der Waals surface area contributed by atoms with Crippen molar-refractivity contribution < 1.29 is 14.3 Å². The molecule has 1 aromatic carbocycles. The number of esters is 1. The quantitative estimate of drug-likeness (QED) is 0.456. The Hall–Kier alpha value is -1.37. The summed E-state index contributed by atoms with van der Waals surface area (Å²) in [5.41, 5.74) is 0.919. The van der Waals surface area contributed by atoms with Gasteiger partial charge in [-0.15, -0.1) is 0 Å². The van der Waals surface area contributed by atoms with Crippen LogP contribution < -0.4 is 4.74 Å². The normalized spacial score (nSPS) is 33.5. The number of fused-ring (bicyclic) bond motifs is 6. The summed E-state index contributed by atoms with van der Waals surface area (Å²) in [6.07, 6.45) is 13.4. The summed E-state index contributed by atoms with van der Waals surface area (Å²) in [7, 11) is 1.64. The average Bonchev–Trinajstić information content (AvgIpc) is 2.78. The number of carbonyl (C=O) groups excluding carboxylic acids is 1. The number of rotatable bonds is 4. The molecule has 4 aliphatic heterocycles. The summed E-state index contributed by atoms with van der Waals surface area (Å²) < 4.78 is 12.1. The van der Waals surface area contributed by atoms with E-state index in [1.807, 2.05) is 18.2 Å². The number of benzene rings is 1. The van der Waals surface area contributed by atoms with Gasteiger partial charge >= 0.3 is 5.97 Å². The molecule has 2 bridgehead atoms. The molecule has 4 fully saturated rings. The van der Waals surface area contributed by atoms with E-state index in [0.717, 1.165) is 53.3 Å². The lowest BCUT2D eigenvalue weighted by atomic mass is 9.76. The predicted octanol–water partition coefficient (Wildman–Crippen LogP) is 4.64. The number of hydrogen-bond donors (Lipinski definition) is 0. The fourth-order valence-electron chi connectivity index (χ4n) is 6.43. The van der Waals surface area contributed by atoms with Gasteiger partial charge in [-0.3, -0.25) is 9.80 Å². The summed E-state index contributed by atoms with van der Waals surface area (Å²) in [5.74, 6) is 0.508. The molecule has 4 saturated heterocycles. The molecule has 0 aliphatic carbocycles. The minimum atomic E-state index is -0.243. The summed E-state index contributed by atoms with van der Waals surface area (Å²) in [6.45, 7) is 2.36. The lowest BCUT2D eigenvalue weighted by Crippen LogP contribution is -2.65. The third kappa shape index (κ3) is 4.57. The van der Waals surface area contributed by atoms with Gasteiger partial charge in [0.25, 0.3) is 0 Å². The molecule has 4 aliphatic rings. The van der Waals surface area contributed by atoms with Gasteiger partial charge in [-0.05, 0) is 84.8 Å². The van der Waals surface area contributed by atoms with Crippen LogP contribution in [0.2, 0.25) is 0 Å². The van der Waals surface area contributed by atoms with Crippen LogP contribution in [0.5, 0.6) is 5.75 Å². The summed E-state index contributed by atoms with van der Waals surface area (Å²) in [6, 6.07) is 8.64. The standard InChI is InChI=1S/C25H33BrN2O3/c1-30-24-12-17(5-7-23(24)26)6-8-25(29)31-22-9-11-28-19-13-18-4-2-3-10-27(18)20(14-19)15-21(28)16-22/h5-8,12,18-22H,2-4,9-11,13-16H2,1H3/b8-6-/t18-,19+,20+,21-,22?/m1/s1. The maximum Gasteiger partial charge on any atom is 0.331 e. The van der Waals surface area contributed by atoms with E-state index in [1.54, 1.807) is 19.3 Å². The van der Waals surface area contributed by atoms with E-state index >= 15 is 0 Å². The maximum atomic E-state index is 12.5. The maximum absolute atomic E-state index is 12.5. The molecule has 0 saturated carbocycles. The number of ether oxygens (including phenoxy) is 2. The van der Waals surface area contributed by atoms with Crippen LogP contribution in [0.25, 0.3) is 6.08 Å². The average molecular weight is 489 g/mol. The number of piperidine rings is 4. The Bertz CT molecular complexity index is 844. The number of hydrogen-bond acceptors (Lipinski definition) is 5. The van der Waals surface area contributed by atoms with Crippen LogP contribution in [0.4, 0.5) is 0 Å².